The first kappa shape index (κ1) is 15.9. The summed E-state index contributed by atoms with van der Waals surface area (Å²) in [5.74, 6) is 1.05. The van der Waals surface area contributed by atoms with Gasteiger partial charge in [-0.25, -0.2) is 0 Å². The second kappa shape index (κ2) is 6.50. The van der Waals surface area contributed by atoms with E-state index in [4.69, 9.17) is 4.42 Å². The lowest BCUT2D eigenvalue weighted by Crippen LogP contribution is -2.33. The average Bonchev–Trinajstić information content (AvgIpc) is 3.07. The smallest absolute Gasteiger partial charge is 0.225 e. The van der Waals surface area contributed by atoms with Crippen molar-refractivity contribution in [3.05, 3.63) is 35.6 Å². The highest BCUT2D eigenvalue weighted by Gasteiger charge is 2.25. The Morgan fingerprint density at radius 2 is 2.19 bits per heavy atom. The molecule has 1 aliphatic rings. The van der Waals surface area contributed by atoms with Crippen molar-refractivity contribution in [1.82, 2.24) is 10.6 Å². The molecule has 1 amide bonds. The zero-order valence-electron chi connectivity index (χ0n) is 12.3. The van der Waals surface area contributed by atoms with Crippen molar-refractivity contribution in [1.29, 1.82) is 0 Å². The Labute approximate surface area is 130 Å². The molecule has 2 N–H and O–H groups in total. The fourth-order valence-corrected chi connectivity index (χ4v) is 2.88. The van der Waals surface area contributed by atoms with Crippen molar-refractivity contribution in [3.8, 4) is 0 Å². The molecule has 1 aromatic heterocycles. The van der Waals surface area contributed by atoms with E-state index in [1.807, 2.05) is 38.1 Å². The van der Waals surface area contributed by atoms with E-state index in [2.05, 4.69) is 10.6 Å². The van der Waals surface area contributed by atoms with Crippen LogP contribution in [0, 0.1) is 12.8 Å². The number of amides is 1. The van der Waals surface area contributed by atoms with Gasteiger partial charge < -0.3 is 15.1 Å². The summed E-state index contributed by atoms with van der Waals surface area (Å²) in [7, 11) is 0. The lowest BCUT2D eigenvalue weighted by Gasteiger charge is -2.15. The summed E-state index contributed by atoms with van der Waals surface area (Å²) >= 11 is 0. The molecule has 1 aromatic carbocycles. The Balaban J connectivity index is 0.00000161. The molecule has 1 fully saturated rings. The summed E-state index contributed by atoms with van der Waals surface area (Å²) in [6, 6.07) is 7.87. The van der Waals surface area contributed by atoms with Crippen LogP contribution in [0.2, 0.25) is 0 Å². The number of carbonyl (C=O) groups excluding carboxylic acids is 1. The predicted octanol–water partition coefficient (Wildman–Crippen LogP) is 2.95. The first-order valence-corrected chi connectivity index (χ1v) is 7.16. The Kier molecular flexibility index (Phi) is 4.91. The van der Waals surface area contributed by atoms with Gasteiger partial charge in [-0.3, -0.25) is 4.79 Å². The summed E-state index contributed by atoms with van der Waals surface area (Å²) in [5, 5.41) is 7.40. The number of aryl methyl sites for hydroxylation is 1. The van der Waals surface area contributed by atoms with Gasteiger partial charge in [0.25, 0.3) is 0 Å². The maximum Gasteiger partial charge on any atom is 0.225 e. The van der Waals surface area contributed by atoms with Gasteiger partial charge in [-0.15, -0.1) is 12.4 Å². The van der Waals surface area contributed by atoms with E-state index in [0.717, 1.165) is 41.8 Å². The zero-order valence-corrected chi connectivity index (χ0v) is 13.1. The number of hydrogen-bond donors (Lipinski definition) is 2. The SMILES string of the molecule is Cc1c(C(C)NC(=O)C2CCNC2)oc2ccccc12.Cl. The summed E-state index contributed by atoms with van der Waals surface area (Å²) < 4.78 is 5.89. The Morgan fingerprint density at radius 3 is 2.86 bits per heavy atom. The van der Waals surface area contributed by atoms with Crippen molar-refractivity contribution in [2.45, 2.75) is 26.3 Å². The maximum atomic E-state index is 12.2. The van der Waals surface area contributed by atoms with Crippen LogP contribution in [0.3, 0.4) is 0 Å². The number of nitrogens with one attached hydrogen (secondary N) is 2. The first-order valence-electron chi connectivity index (χ1n) is 7.16. The van der Waals surface area contributed by atoms with Gasteiger partial charge >= 0.3 is 0 Å². The molecule has 1 aliphatic heterocycles. The van der Waals surface area contributed by atoms with E-state index >= 15 is 0 Å². The molecule has 3 rings (SSSR count). The van der Waals surface area contributed by atoms with Gasteiger partial charge in [-0.05, 0) is 32.9 Å². The van der Waals surface area contributed by atoms with Crippen LogP contribution in [0.15, 0.2) is 28.7 Å². The Hall–Kier alpha value is -1.52. The van der Waals surface area contributed by atoms with Crippen LogP contribution in [-0.4, -0.2) is 19.0 Å². The van der Waals surface area contributed by atoms with Gasteiger partial charge in [0.2, 0.25) is 5.91 Å². The minimum absolute atomic E-state index is 0. The molecule has 4 nitrogen and oxygen atoms in total. The third-order valence-corrected chi connectivity index (χ3v) is 4.06. The third kappa shape index (κ3) is 3.06. The quantitative estimate of drug-likeness (QED) is 0.916. The molecule has 0 aliphatic carbocycles. The molecule has 0 saturated carbocycles. The molecule has 2 heterocycles. The fourth-order valence-electron chi connectivity index (χ4n) is 2.88. The zero-order chi connectivity index (χ0) is 14.1. The van der Waals surface area contributed by atoms with Crippen LogP contribution in [0.5, 0.6) is 0 Å². The van der Waals surface area contributed by atoms with Gasteiger partial charge in [0.05, 0.1) is 12.0 Å². The normalized spacial score (nSPS) is 19.2. The largest absolute Gasteiger partial charge is 0.459 e. The van der Waals surface area contributed by atoms with Crippen LogP contribution in [-0.2, 0) is 4.79 Å². The predicted molar refractivity (Wildman–Crippen MR) is 85.7 cm³/mol. The minimum atomic E-state index is -0.101. The number of furan rings is 1. The van der Waals surface area contributed by atoms with Crippen molar-refractivity contribution in [3.63, 3.8) is 0 Å². The van der Waals surface area contributed by atoms with Crippen molar-refractivity contribution in [2.75, 3.05) is 13.1 Å². The second-order valence-electron chi connectivity index (χ2n) is 5.51. The van der Waals surface area contributed by atoms with E-state index < -0.39 is 0 Å². The number of fused-ring (bicyclic) bond motifs is 1. The molecule has 1 saturated heterocycles. The van der Waals surface area contributed by atoms with Crippen LogP contribution in [0.4, 0.5) is 0 Å². The number of benzene rings is 1. The van der Waals surface area contributed by atoms with E-state index in [0.29, 0.717) is 0 Å². The van der Waals surface area contributed by atoms with Gasteiger partial charge in [0, 0.05) is 17.5 Å². The average molecular weight is 309 g/mol. The van der Waals surface area contributed by atoms with Gasteiger partial charge in [-0.1, -0.05) is 18.2 Å². The van der Waals surface area contributed by atoms with Gasteiger partial charge in [0.1, 0.15) is 11.3 Å². The van der Waals surface area contributed by atoms with Crippen molar-refractivity contribution >= 4 is 29.3 Å². The standard InChI is InChI=1S/C16H20N2O2.ClH/c1-10-13-5-3-4-6-14(13)20-15(10)11(2)18-16(19)12-7-8-17-9-12;/h3-6,11-12,17H,7-9H2,1-2H3,(H,18,19);1H. The van der Waals surface area contributed by atoms with Crippen molar-refractivity contribution in [2.24, 2.45) is 5.92 Å². The van der Waals surface area contributed by atoms with E-state index in [1.54, 1.807) is 0 Å². The number of halogens is 1. The molecule has 21 heavy (non-hydrogen) atoms. The number of carbonyl (C=O) groups is 1. The van der Waals surface area contributed by atoms with E-state index in [1.165, 1.54) is 0 Å². The molecule has 0 radical (unpaired) electrons. The van der Waals surface area contributed by atoms with Crippen LogP contribution in [0.25, 0.3) is 11.0 Å². The lowest BCUT2D eigenvalue weighted by molar-refractivity contribution is -0.125. The molecule has 0 spiro atoms. The highest BCUT2D eigenvalue weighted by atomic mass is 35.5. The van der Waals surface area contributed by atoms with Crippen LogP contribution in [0.1, 0.15) is 30.7 Å². The highest BCUT2D eigenvalue weighted by Crippen LogP contribution is 2.29. The molecular weight excluding hydrogens is 288 g/mol. The molecule has 5 heteroatoms. The van der Waals surface area contributed by atoms with Crippen LogP contribution < -0.4 is 10.6 Å². The summed E-state index contributed by atoms with van der Waals surface area (Å²) in [6.45, 7) is 5.72. The number of hydrogen-bond acceptors (Lipinski definition) is 3. The Bertz CT molecular complexity index is 632. The van der Waals surface area contributed by atoms with Crippen molar-refractivity contribution < 1.29 is 9.21 Å². The topological polar surface area (TPSA) is 54.3 Å². The third-order valence-electron chi connectivity index (χ3n) is 4.06. The maximum absolute atomic E-state index is 12.2. The fraction of sp³-hybridized carbons (Fsp3) is 0.438. The first-order chi connectivity index (χ1) is 9.66. The lowest BCUT2D eigenvalue weighted by atomic mass is 10.1. The minimum Gasteiger partial charge on any atom is -0.459 e. The molecule has 0 bridgehead atoms. The van der Waals surface area contributed by atoms with E-state index in [9.17, 15) is 4.79 Å². The molecule has 2 unspecified atom stereocenters. The summed E-state index contributed by atoms with van der Waals surface area (Å²) in [6.07, 6.45) is 0.914. The number of para-hydroxylation sites is 1. The number of rotatable bonds is 3. The van der Waals surface area contributed by atoms with Gasteiger partial charge in [-0.2, -0.15) is 0 Å². The van der Waals surface area contributed by atoms with E-state index in [-0.39, 0.29) is 30.3 Å². The van der Waals surface area contributed by atoms with Crippen LogP contribution >= 0.6 is 12.4 Å². The molecular formula is C16H21ClN2O2. The molecule has 114 valence electrons. The Morgan fingerprint density at radius 1 is 1.43 bits per heavy atom. The molecule has 2 aromatic rings. The second-order valence-corrected chi connectivity index (χ2v) is 5.51. The highest BCUT2D eigenvalue weighted by molar-refractivity contribution is 5.85. The summed E-state index contributed by atoms with van der Waals surface area (Å²) in [5.41, 5.74) is 1.99. The summed E-state index contributed by atoms with van der Waals surface area (Å²) in [4.78, 5) is 12.2. The monoisotopic (exact) mass is 308 g/mol. The van der Waals surface area contributed by atoms with Gasteiger partial charge in [0.15, 0.2) is 0 Å². The molecule has 2 atom stereocenters.